The predicted molar refractivity (Wildman–Crippen MR) is 133 cm³/mol. The Labute approximate surface area is 193 Å². The minimum absolute atomic E-state index is 0.406. The zero-order chi connectivity index (χ0) is 22.7. The molecule has 0 aliphatic heterocycles. The highest BCUT2D eigenvalue weighted by Gasteiger charge is 2.33. The predicted octanol–water partition coefficient (Wildman–Crippen LogP) is 8.20. The summed E-state index contributed by atoms with van der Waals surface area (Å²) in [6, 6.07) is 34.3. The van der Waals surface area contributed by atoms with Crippen molar-refractivity contribution in [1.82, 2.24) is 0 Å². The zero-order valence-electron chi connectivity index (χ0n) is 18.2. The van der Waals surface area contributed by atoms with E-state index in [1.807, 2.05) is 84.9 Å². The average Bonchev–Trinajstić information content (AvgIpc) is 2.84. The van der Waals surface area contributed by atoms with Gasteiger partial charge in [-0.2, -0.15) is 4.57 Å². The second kappa shape index (κ2) is 9.01. The van der Waals surface area contributed by atoms with E-state index in [-0.39, 0.29) is 0 Å². The lowest BCUT2D eigenvalue weighted by Gasteiger charge is -2.20. The highest BCUT2D eigenvalue weighted by Crippen LogP contribution is 2.50. The molecule has 0 saturated heterocycles. The molecule has 5 aromatic carbocycles. The molecule has 0 fully saturated rings. The van der Waals surface area contributed by atoms with Gasteiger partial charge in [0.25, 0.3) is 0 Å². The fourth-order valence-electron chi connectivity index (χ4n) is 3.68. The molecule has 0 unspecified atom stereocenters. The molecule has 4 nitrogen and oxygen atoms in total. The summed E-state index contributed by atoms with van der Waals surface area (Å²) < 4.78 is 31.5. The molecule has 33 heavy (non-hydrogen) atoms. The van der Waals surface area contributed by atoms with Gasteiger partial charge in [0, 0.05) is 0 Å². The molecule has 0 aliphatic rings. The second-order valence-electron chi connectivity index (χ2n) is 7.74. The topological polar surface area (TPSA) is 44.8 Å². The van der Waals surface area contributed by atoms with Gasteiger partial charge in [0.15, 0.2) is 0 Å². The number of aryl methyl sites for hydroxylation is 1. The summed E-state index contributed by atoms with van der Waals surface area (Å²) in [6.07, 6.45) is 0.902. The third kappa shape index (κ3) is 4.87. The van der Waals surface area contributed by atoms with Crippen molar-refractivity contribution >= 4 is 29.4 Å². The summed E-state index contributed by atoms with van der Waals surface area (Å²) in [4.78, 5) is 0. The Hall–Kier alpha value is -3.75. The molecule has 164 valence electrons. The number of hydrogen-bond donors (Lipinski definition) is 0. The number of hydrogen-bond acceptors (Lipinski definition) is 4. The van der Waals surface area contributed by atoms with Crippen LogP contribution in [0.2, 0.25) is 0 Å². The van der Waals surface area contributed by atoms with Crippen LogP contribution < -0.4 is 13.6 Å². The van der Waals surface area contributed by atoms with Crippen LogP contribution in [0.15, 0.2) is 109 Å². The molecule has 0 spiro atoms. The van der Waals surface area contributed by atoms with Gasteiger partial charge in [0.2, 0.25) is 0 Å². The maximum Gasteiger partial charge on any atom is 0.647 e. The summed E-state index contributed by atoms with van der Waals surface area (Å²) in [5, 5.41) is 4.07. The second-order valence-corrected chi connectivity index (χ2v) is 9.18. The van der Waals surface area contributed by atoms with Crippen LogP contribution in [0.3, 0.4) is 0 Å². The van der Waals surface area contributed by atoms with E-state index in [1.165, 1.54) is 0 Å². The summed E-state index contributed by atoms with van der Waals surface area (Å²) in [7, 11) is -4.06. The van der Waals surface area contributed by atoms with Crippen molar-refractivity contribution in [3.8, 4) is 17.2 Å². The zero-order valence-corrected chi connectivity index (χ0v) is 19.1. The van der Waals surface area contributed by atoms with Crippen LogP contribution >= 0.6 is 7.82 Å². The smallest absolute Gasteiger partial charge is 0.386 e. The van der Waals surface area contributed by atoms with Crippen LogP contribution in [-0.4, -0.2) is 0 Å². The van der Waals surface area contributed by atoms with Crippen molar-refractivity contribution in [1.29, 1.82) is 0 Å². The third-order valence-electron chi connectivity index (χ3n) is 5.43. The molecule has 0 saturated carbocycles. The SMILES string of the molecule is CCc1ccc(OP(=O)(Oc2ccc3ccccc3c2)Oc2ccc3ccccc3c2)cc1. The van der Waals surface area contributed by atoms with Crippen molar-refractivity contribution in [3.63, 3.8) is 0 Å². The molecule has 0 amide bonds. The lowest BCUT2D eigenvalue weighted by Crippen LogP contribution is -2.07. The maximum absolute atomic E-state index is 13.9. The van der Waals surface area contributed by atoms with E-state index in [9.17, 15) is 4.57 Å². The van der Waals surface area contributed by atoms with Crippen molar-refractivity contribution in [2.75, 3.05) is 0 Å². The van der Waals surface area contributed by atoms with Gasteiger partial charge in [0.05, 0.1) is 0 Å². The van der Waals surface area contributed by atoms with Crippen LogP contribution in [0.5, 0.6) is 17.2 Å². The highest BCUT2D eigenvalue weighted by atomic mass is 31.2. The number of rotatable bonds is 7. The first kappa shape index (κ1) is 21.1. The molecule has 0 bridgehead atoms. The normalized spacial score (nSPS) is 11.4. The van der Waals surface area contributed by atoms with E-state index >= 15 is 0 Å². The largest absolute Gasteiger partial charge is 0.647 e. The quantitative estimate of drug-likeness (QED) is 0.233. The number of fused-ring (bicyclic) bond motifs is 2. The first-order chi connectivity index (χ1) is 16.1. The Bertz CT molecular complexity index is 1380. The lowest BCUT2D eigenvalue weighted by molar-refractivity contribution is 0.298. The van der Waals surface area contributed by atoms with Crippen LogP contribution in [0.1, 0.15) is 12.5 Å². The van der Waals surface area contributed by atoms with Crippen molar-refractivity contribution in [2.24, 2.45) is 0 Å². The third-order valence-corrected chi connectivity index (χ3v) is 6.73. The molecule has 0 atom stereocenters. The lowest BCUT2D eigenvalue weighted by atomic mass is 10.1. The van der Waals surface area contributed by atoms with Crippen LogP contribution in [0.4, 0.5) is 0 Å². The van der Waals surface area contributed by atoms with Crippen molar-refractivity contribution in [2.45, 2.75) is 13.3 Å². The van der Waals surface area contributed by atoms with E-state index in [1.54, 1.807) is 24.3 Å². The number of phosphoric ester groups is 1. The first-order valence-corrected chi connectivity index (χ1v) is 12.3. The van der Waals surface area contributed by atoms with Gasteiger partial charge < -0.3 is 13.6 Å². The van der Waals surface area contributed by atoms with Crippen LogP contribution in [0, 0.1) is 0 Å². The molecular formula is C28H23O4P. The van der Waals surface area contributed by atoms with Gasteiger partial charge >= 0.3 is 7.82 Å². The Morgan fingerprint density at radius 2 is 0.970 bits per heavy atom. The highest BCUT2D eigenvalue weighted by molar-refractivity contribution is 7.49. The van der Waals surface area contributed by atoms with Crippen LogP contribution in [-0.2, 0) is 11.0 Å². The van der Waals surface area contributed by atoms with E-state index < -0.39 is 7.82 Å². The molecule has 5 aromatic rings. The molecule has 5 heteroatoms. The van der Waals surface area contributed by atoms with Gasteiger partial charge in [0.1, 0.15) is 17.2 Å². The molecule has 0 aromatic heterocycles. The minimum Gasteiger partial charge on any atom is -0.386 e. The Morgan fingerprint density at radius 1 is 0.545 bits per heavy atom. The molecule has 0 aliphatic carbocycles. The van der Waals surface area contributed by atoms with Crippen molar-refractivity contribution < 1.29 is 18.1 Å². The van der Waals surface area contributed by atoms with Gasteiger partial charge in [-0.15, -0.1) is 0 Å². The van der Waals surface area contributed by atoms with E-state index in [2.05, 4.69) is 6.92 Å². The molecule has 0 N–H and O–H groups in total. The summed E-state index contributed by atoms with van der Waals surface area (Å²) in [5.41, 5.74) is 1.16. The number of phosphoric acid groups is 1. The summed E-state index contributed by atoms with van der Waals surface area (Å²) in [6.45, 7) is 2.08. The average molecular weight is 454 g/mol. The van der Waals surface area contributed by atoms with Gasteiger partial charge in [-0.25, -0.2) is 0 Å². The summed E-state index contributed by atoms with van der Waals surface area (Å²) >= 11 is 0. The Kier molecular flexibility index (Phi) is 5.77. The van der Waals surface area contributed by atoms with E-state index in [0.717, 1.165) is 33.5 Å². The van der Waals surface area contributed by atoms with Crippen LogP contribution in [0.25, 0.3) is 21.5 Å². The molecule has 0 radical (unpaired) electrons. The standard InChI is InChI=1S/C28H23O4P/c1-2-21-11-15-26(16-12-21)30-33(29,31-27-17-13-22-7-3-5-9-24(22)19-27)32-28-18-14-23-8-4-6-10-25(23)20-28/h3-20H,2H2,1H3. The number of benzene rings is 5. The van der Waals surface area contributed by atoms with E-state index in [4.69, 9.17) is 13.6 Å². The molecule has 0 heterocycles. The summed E-state index contributed by atoms with van der Waals surface area (Å²) in [5.74, 6) is 1.23. The van der Waals surface area contributed by atoms with Gasteiger partial charge in [-0.3, -0.25) is 0 Å². The van der Waals surface area contributed by atoms with Crippen molar-refractivity contribution in [3.05, 3.63) is 115 Å². The first-order valence-electron chi connectivity index (χ1n) is 10.9. The monoisotopic (exact) mass is 454 g/mol. The van der Waals surface area contributed by atoms with Gasteiger partial charge in [-0.05, 0) is 69.9 Å². The van der Waals surface area contributed by atoms with E-state index in [0.29, 0.717) is 17.2 Å². The maximum atomic E-state index is 13.9. The Morgan fingerprint density at radius 3 is 1.45 bits per heavy atom. The molecule has 5 rings (SSSR count). The van der Waals surface area contributed by atoms with Gasteiger partial charge in [-0.1, -0.05) is 79.7 Å². The minimum atomic E-state index is -4.06. The fraction of sp³-hybridized carbons (Fsp3) is 0.0714. The molecular weight excluding hydrogens is 431 g/mol. The fourth-order valence-corrected chi connectivity index (χ4v) is 4.91. The Balaban J connectivity index is 1.49.